The van der Waals surface area contributed by atoms with Crippen molar-refractivity contribution in [2.24, 2.45) is 0 Å². The van der Waals surface area contributed by atoms with Crippen molar-refractivity contribution >= 4 is 28.3 Å². The van der Waals surface area contributed by atoms with Gasteiger partial charge in [0.15, 0.2) is 0 Å². The first kappa shape index (κ1) is 12.8. The van der Waals surface area contributed by atoms with Crippen LogP contribution in [-0.2, 0) is 0 Å². The van der Waals surface area contributed by atoms with Gasteiger partial charge in [0.2, 0.25) is 0 Å². The molecule has 1 aliphatic rings. The Morgan fingerprint density at radius 1 is 1.27 bits per heavy atom. The first-order valence-corrected chi connectivity index (χ1v) is 7.25. The normalized spacial score (nSPS) is 14.0. The standard InChI is InChI=1S/C16H15N5O/c22-16(13-2-1-7-17-15(13)19-11-5-6-11)20-12-4-3-10-9-18-21-14(10)8-12/h1-4,7-9,11H,5-6H2,(H,17,19)(H,18,21)(H,20,22). The Morgan fingerprint density at radius 3 is 3.05 bits per heavy atom. The zero-order valence-electron chi connectivity index (χ0n) is 11.8. The SMILES string of the molecule is O=C(Nc1ccc2cn[nH]c2c1)c1cccnc1NC1CC1. The molecule has 6 nitrogen and oxygen atoms in total. The van der Waals surface area contributed by atoms with Gasteiger partial charge >= 0.3 is 0 Å². The van der Waals surface area contributed by atoms with Gasteiger partial charge in [0, 0.05) is 23.3 Å². The van der Waals surface area contributed by atoms with Gasteiger partial charge < -0.3 is 10.6 Å². The quantitative estimate of drug-likeness (QED) is 0.690. The van der Waals surface area contributed by atoms with Gasteiger partial charge in [0.1, 0.15) is 5.82 Å². The number of amides is 1. The minimum Gasteiger partial charge on any atom is -0.367 e. The zero-order valence-corrected chi connectivity index (χ0v) is 11.8. The van der Waals surface area contributed by atoms with E-state index in [0.717, 1.165) is 29.4 Å². The highest BCUT2D eigenvalue weighted by atomic mass is 16.1. The van der Waals surface area contributed by atoms with Gasteiger partial charge in [-0.1, -0.05) is 0 Å². The Hall–Kier alpha value is -2.89. The summed E-state index contributed by atoms with van der Waals surface area (Å²) in [5.41, 5.74) is 2.17. The average Bonchev–Trinajstić information content (AvgIpc) is 3.22. The number of pyridine rings is 1. The second kappa shape index (κ2) is 5.14. The lowest BCUT2D eigenvalue weighted by atomic mass is 10.2. The molecule has 22 heavy (non-hydrogen) atoms. The van der Waals surface area contributed by atoms with Gasteiger partial charge in [-0.2, -0.15) is 5.10 Å². The van der Waals surface area contributed by atoms with Crippen molar-refractivity contribution in [2.75, 3.05) is 10.6 Å². The van der Waals surface area contributed by atoms with Crippen LogP contribution < -0.4 is 10.6 Å². The molecule has 2 heterocycles. The predicted molar refractivity (Wildman–Crippen MR) is 84.9 cm³/mol. The summed E-state index contributed by atoms with van der Waals surface area (Å²) in [6.07, 6.45) is 5.71. The van der Waals surface area contributed by atoms with E-state index in [2.05, 4.69) is 25.8 Å². The molecule has 0 radical (unpaired) electrons. The molecule has 1 amide bonds. The van der Waals surface area contributed by atoms with E-state index in [1.807, 2.05) is 18.2 Å². The van der Waals surface area contributed by atoms with Crippen molar-refractivity contribution in [3.8, 4) is 0 Å². The van der Waals surface area contributed by atoms with Crippen LogP contribution in [0, 0.1) is 0 Å². The Bertz CT molecular complexity index is 837. The van der Waals surface area contributed by atoms with Gasteiger partial charge in [0.25, 0.3) is 5.91 Å². The molecule has 1 aliphatic carbocycles. The number of nitrogens with one attached hydrogen (secondary N) is 3. The molecule has 4 rings (SSSR count). The number of rotatable bonds is 4. The number of benzene rings is 1. The van der Waals surface area contributed by atoms with Crippen LogP contribution in [0.2, 0.25) is 0 Å². The Morgan fingerprint density at radius 2 is 2.18 bits per heavy atom. The second-order valence-electron chi connectivity index (χ2n) is 5.44. The summed E-state index contributed by atoms with van der Waals surface area (Å²) in [6.45, 7) is 0. The minimum atomic E-state index is -0.171. The van der Waals surface area contributed by atoms with Gasteiger partial charge in [-0.15, -0.1) is 0 Å². The van der Waals surface area contributed by atoms with Gasteiger partial charge in [0.05, 0.1) is 17.3 Å². The molecule has 3 aromatic rings. The molecule has 6 heteroatoms. The van der Waals surface area contributed by atoms with Crippen molar-refractivity contribution in [1.29, 1.82) is 0 Å². The number of anilines is 2. The van der Waals surface area contributed by atoms with Crippen molar-refractivity contribution in [3.63, 3.8) is 0 Å². The highest BCUT2D eigenvalue weighted by molar-refractivity contribution is 6.08. The molecular weight excluding hydrogens is 278 g/mol. The van der Waals surface area contributed by atoms with E-state index in [1.165, 1.54) is 0 Å². The van der Waals surface area contributed by atoms with Crippen molar-refractivity contribution < 1.29 is 4.79 Å². The van der Waals surface area contributed by atoms with Crippen LogP contribution in [0.25, 0.3) is 10.9 Å². The number of H-pyrrole nitrogens is 1. The summed E-state index contributed by atoms with van der Waals surface area (Å²) in [6, 6.07) is 9.64. The molecule has 0 unspecified atom stereocenters. The topological polar surface area (TPSA) is 82.7 Å². The van der Waals surface area contributed by atoms with E-state index in [9.17, 15) is 4.79 Å². The summed E-state index contributed by atoms with van der Waals surface area (Å²) < 4.78 is 0. The number of hydrogen-bond acceptors (Lipinski definition) is 4. The third-order valence-electron chi connectivity index (χ3n) is 3.67. The maximum Gasteiger partial charge on any atom is 0.259 e. The summed E-state index contributed by atoms with van der Waals surface area (Å²) in [5.74, 6) is 0.472. The molecule has 0 aliphatic heterocycles. The lowest BCUT2D eigenvalue weighted by Crippen LogP contribution is -2.16. The highest BCUT2D eigenvalue weighted by Crippen LogP contribution is 2.26. The lowest BCUT2D eigenvalue weighted by molar-refractivity contribution is 0.102. The van der Waals surface area contributed by atoms with Crippen molar-refractivity contribution in [1.82, 2.24) is 15.2 Å². The van der Waals surface area contributed by atoms with E-state index in [1.54, 1.807) is 24.5 Å². The maximum absolute atomic E-state index is 12.5. The molecule has 2 aromatic heterocycles. The third kappa shape index (κ3) is 2.50. The van der Waals surface area contributed by atoms with Crippen molar-refractivity contribution in [3.05, 3.63) is 48.3 Å². The van der Waals surface area contributed by atoms with Crippen LogP contribution in [-0.4, -0.2) is 27.1 Å². The highest BCUT2D eigenvalue weighted by Gasteiger charge is 2.23. The molecule has 1 saturated carbocycles. The van der Waals surface area contributed by atoms with Crippen LogP contribution in [0.3, 0.4) is 0 Å². The maximum atomic E-state index is 12.5. The lowest BCUT2D eigenvalue weighted by Gasteiger charge is -2.10. The number of nitrogens with zero attached hydrogens (tertiary/aromatic N) is 2. The predicted octanol–water partition coefficient (Wildman–Crippen LogP) is 2.78. The third-order valence-corrected chi connectivity index (χ3v) is 3.67. The molecule has 1 aromatic carbocycles. The van der Waals surface area contributed by atoms with E-state index in [0.29, 0.717) is 17.4 Å². The smallest absolute Gasteiger partial charge is 0.259 e. The van der Waals surface area contributed by atoms with Gasteiger partial charge in [-0.25, -0.2) is 4.98 Å². The fourth-order valence-electron chi connectivity index (χ4n) is 2.34. The van der Waals surface area contributed by atoms with Crippen LogP contribution >= 0.6 is 0 Å². The first-order chi connectivity index (χ1) is 10.8. The number of fused-ring (bicyclic) bond motifs is 1. The number of aromatic nitrogens is 3. The van der Waals surface area contributed by atoms with Crippen LogP contribution in [0.1, 0.15) is 23.2 Å². The minimum absolute atomic E-state index is 0.171. The second-order valence-corrected chi connectivity index (χ2v) is 5.44. The summed E-state index contributed by atoms with van der Waals surface area (Å²) in [5, 5.41) is 14.1. The number of carbonyl (C=O) groups is 1. The van der Waals surface area contributed by atoms with E-state index in [4.69, 9.17) is 0 Å². The fourth-order valence-corrected chi connectivity index (χ4v) is 2.34. The molecule has 1 fully saturated rings. The van der Waals surface area contributed by atoms with E-state index in [-0.39, 0.29) is 5.91 Å². The van der Waals surface area contributed by atoms with E-state index < -0.39 is 0 Å². The molecule has 110 valence electrons. The molecule has 3 N–H and O–H groups in total. The number of hydrogen-bond donors (Lipinski definition) is 3. The zero-order chi connectivity index (χ0) is 14.9. The molecular formula is C16H15N5O. The van der Waals surface area contributed by atoms with E-state index >= 15 is 0 Å². The van der Waals surface area contributed by atoms with Gasteiger partial charge in [-0.05, 0) is 43.2 Å². The number of carbonyl (C=O) groups excluding carboxylic acids is 1. The van der Waals surface area contributed by atoms with Crippen LogP contribution in [0.15, 0.2) is 42.7 Å². The van der Waals surface area contributed by atoms with Gasteiger partial charge in [-0.3, -0.25) is 9.89 Å². The van der Waals surface area contributed by atoms with Crippen LogP contribution in [0.5, 0.6) is 0 Å². The summed E-state index contributed by atoms with van der Waals surface area (Å²) in [4.78, 5) is 16.8. The summed E-state index contributed by atoms with van der Waals surface area (Å²) in [7, 11) is 0. The number of aromatic amines is 1. The Kier molecular flexibility index (Phi) is 3.00. The largest absolute Gasteiger partial charge is 0.367 e. The molecule has 0 saturated heterocycles. The summed E-state index contributed by atoms with van der Waals surface area (Å²) >= 11 is 0. The Labute approximate surface area is 127 Å². The Balaban J connectivity index is 1.58. The molecule has 0 atom stereocenters. The molecule has 0 spiro atoms. The fraction of sp³-hybridized carbons (Fsp3) is 0.188. The van der Waals surface area contributed by atoms with Crippen LogP contribution in [0.4, 0.5) is 11.5 Å². The molecule has 0 bridgehead atoms. The average molecular weight is 293 g/mol. The first-order valence-electron chi connectivity index (χ1n) is 7.25. The monoisotopic (exact) mass is 293 g/mol. The van der Waals surface area contributed by atoms with Crippen molar-refractivity contribution in [2.45, 2.75) is 18.9 Å².